The predicted octanol–water partition coefficient (Wildman–Crippen LogP) is 2.53. The summed E-state index contributed by atoms with van der Waals surface area (Å²) >= 11 is 0. The van der Waals surface area contributed by atoms with Gasteiger partial charge in [0.15, 0.2) is 0 Å². The van der Waals surface area contributed by atoms with Crippen LogP contribution in [0.25, 0.3) is 22.3 Å². The third kappa shape index (κ3) is 1.97. The van der Waals surface area contributed by atoms with Gasteiger partial charge in [0.1, 0.15) is 5.82 Å². The highest BCUT2D eigenvalue weighted by atomic mass is 16.5. The molecule has 1 aromatic heterocycles. The highest BCUT2D eigenvalue weighted by molar-refractivity contribution is 5.82. The van der Waals surface area contributed by atoms with Crippen molar-refractivity contribution >= 4 is 16.9 Å². The summed E-state index contributed by atoms with van der Waals surface area (Å²) in [6.45, 7) is 0. The van der Waals surface area contributed by atoms with Crippen molar-refractivity contribution in [2.45, 2.75) is 12.5 Å². The van der Waals surface area contributed by atoms with Crippen molar-refractivity contribution in [1.82, 2.24) is 9.55 Å². The third-order valence-electron chi connectivity index (χ3n) is 4.27. The molecule has 5 heteroatoms. The molecule has 0 radical (unpaired) electrons. The second-order valence-corrected chi connectivity index (χ2v) is 5.51. The van der Waals surface area contributed by atoms with E-state index in [4.69, 9.17) is 4.74 Å². The Morgan fingerprint density at radius 2 is 1.91 bits per heavy atom. The lowest BCUT2D eigenvalue weighted by Crippen LogP contribution is -2.26. The fourth-order valence-electron chi connectivity index (χ4n) is 3.20. The van der Waals surface area contributed by atoms with E-state index in [1.54, 1.807) is 10.6 Å². The molecule has 1 aliphatic rings. The van der Waals surface area contributed by atoms with Crippen LogP contribution < -0.4 is 5.56 Å². The number of rotatable bonds is 2. The first-order chi connectivity index (χ1) is 11.2. The molecular weight excluding hydrogens is 292 g/mol. The minimum absolute atomic E-state index is 0.112. The van der Waals surface area contributed by atoms with Crippen LogP contribution in [0.1, 0.15) is 18.0 Å². The van der Waals surface area contributed by atoms with E-state index < -0.39 is 0 Å². The van der Waals surface area contributed by atoms with E-state index in [1.165, 1.54) is 7.11 Å². The molecule has 0 saturated heterocycles. The summed E-state index contributed by atoms with van der Waals surface area (Å²) in [7, 11) is 1.35. The van der Waals surface area contributed by atoms with Crippen molar-refractivity contribution in [2.24, 2.45) is 0 Å². The maximum atomic E-state index is 12.9. The molecule has 0 amide bonds. The molecule has 4 rings (SSSR count). The first kappa shape index (κ1) is 13.7. The number of nitrogens with zero attached hydrogens (tertiary/aromatic N) is 2. The minimum Gasteiger partial charge on any atom is -0.469 e. The van der Waals surface area contributed by atoms with Gasteiger partial charge >= 0.3 is 5.97 Å². The van der Waals surface area contributed by atoms with E-state index in [-0.39, 0.29) is 24.0 Å². The number of benzene rings is 2. The second-order valence-electron chi connectivity index (χ2n) is 5.51. The summed E-state index contributed by atoms with van der Waals surface area (Å²) in [6, 6.07) is 14.6. The van der Waals surface area contributed by atoms with Crippen LogP contribution in [0, 0.1) is 0 Å². The first-order valence-electron chi connectivity index (χ1n) is 7.38. The molecule has 0 N–H and O–H groups in total. The van der Waals surface area contributed by atoms with Gasteiger partial charge in [0.2, 0.25) is 0 Å². The molecule has 0 fully saturated rings. The predicted molar refractivity (Wildman–Crippen MR) is 86.2 cm³/mol. The Labute approximate surface area is 132 Å². The van der Waals surface area contributed by atoms with Crippen LogP contribution in [-0.4, -0.2) is 22.6 Å². The number of para-hydroxylation sites is 1. The maximum absolute atomic E-state index is 12.9. The lowest BCUT2D eigenvalue weighted by Gasteiger charge is -2.14. The zero-order valence-corrected chi connectivity index (χ0v) is 12.5. The molecule has 1 unspecified atom stereocenters. The van der Waals surface area contributed by atoms with Gasteiger partial charge in [-0.3, -0.25) is 14.2 Å². The Bertz CT molecular complexity index is 991. The van der Waals surface area contributed by atoms with Crippen LogP contribution >= 0.6 is 0 Å². The van der Waals surface area contributed by atoms with Crippen molar-refractivity contribution in [3.63, 3.8) is 0 Å². The second kappa shape index (κ2) is 5.05. The highest BCUT2D eigenvalue weighted by Crippen LogP contribution is 2.39. The number of aromatic nitrogens is 2. The Kier molecular flexibility index (Phi) is 3.01. The number of ether oxygens (including phenoxy) is 1. The van der Waals surface area contributed by atoms with Crippen molar-refractivity contribution < 1.29 is 9.53 Å². The van der Waals surface area contributed by atoms with Crippen LogP contribution in [0.2, 0.25) is 0 Å². The average molecular weight is 306 g/mol. The Balaban J connectivity index is 2.04. The Morgan fingerprint density at radius 1 is 1.17 bits per heavy atom. The van der Waals surface area contributed by atoms with Gasteiger partial charge in [-0.1, -0.05) is 36.4 Å². The van der Waals surface area contributed by atoms with Gasteiger partial charge in [0.25, 0.3) is 5.56 Å². The summed E-state index contributed by atoms with van der Waals surface area (Å²) in [5.41, 5.74) is 2.36. The number of methoxy groups -OCH3 is 1. The molecule has 1 aliphatic heterocycles. The smallest absolute Gasteiger partial charge is 0.307 e. The normalized spacial score (nSPS) is 15.3. The van der Waals surface area contributed by atoms with Crippen molar-refractivity contribution in [3.8, 4) is 11.4 Å². The number of hydrogen-bond donors (Lipinski definition) is 0. The van der Waals surface area contributed by atoms with Crippen LogP contribution in [0.5, 0.6) is 0 Å². The van der Waals surface area contributed by atoms with Crippen molar-refractivity contribution in [1.29, 1.82) is 0 Å². The van der Waals surface area contributed by atoms with E-state index >= 15 is 0 Å². The molecule has 2 heterocycles. The zero-order chi connectivity index (χ0) is 16.0. The van der Waals surface area contributed by atoms with E-state index in [2.05, 4.69) is 4.98 Å². The van der Waals surface area contributed by atoms with Crippen molar-refractivity contribution in [3.05, 3.63) is 64.4 Å². The topological polar surface area (TPSA) is 61.2 Å². The third-order valence-corrected chi connectivity index (χ3v) is 4.27. The molecule has 3 aromatic rings. The van der Waals surface area contributed by atoms with Gasteiger partial charge in [-0.15, -0.1) is 0 Å². The number of fused-ring (bicyclic) bond motifs is 4. The van der Waals surface area contributed by atoms with E-state index in [9.17, 15) is 9.59 Å². The molecule has 1 atom stereocenters. The Hall–Kier alpha value is -2.95. The molecule has 0 spiro atoms. The fourth-order valence-corrected chi connectivity index (χ4v) is 3.20. The number of carbonyl (C=O) groups excluding carboxylic acids is 1. The Morgan fingerprint density at radius 3 is 2.74 bits per heavy atom. The molecule has 114 valence electrons. The molecular formula is C18H14N2O3. The van der Waals surface area contributed by atoms with Gasteiger partial charge in [0.05, 0.1) is 30.5 Å². The lowest BCUT2D eigenvalue weighted by atomic mass is 10.0. The monoisotopic (exact) mass is 306 g/mol. The fraction of sp³-hybridized carbons (Fsp3) is 0.167. The van der Waals surface area contributed by atoms with Crippen molar-refractivity contribution in [2.75, 3.05) is 7.11 Å². The summed E-state index contributed by atoms with van der Waals surface area (Å²) in [5, 5.41) is 0.555. The molecule has 0 aliphatic carbocycles. The quantitative estimate of drug-likeness (QED) is 0.683. The number of carbonyl (C=O) groups is 1. The van der Waals surface area contributed by atoms with E-state index in [0.717, 1.165) is 11.1 Å². The van der Waals surface area contributed by atoms with E-state index in [1.807, 2.05) is 42.5 Å². The van der Waals surface area contributed by atoms with Crippen LogP contribution in [-0.2, 0) is 9.53 Å². The summed E-state index contributed by atoms with van der Waals surface area (Å²) in [6.07, 6.45) is 0.112. The largest absolute Gasteiger partial charge is 0.469 e. The minimum atomic E-state index is -0.377. The zero-order valence-electron chi connectivity index (χ0n) is 12.5. The van der Waals surface area contributed by atoms with Gasteiger partial charge in [0, 0.05) is 5.56 Å². The SMILES string of the molecule is COC(=O)CC1c2ccccc2-c2nc3ccccc3c(=O)n21. The van der Waals surface area contributed by atoms with Crippen LogP contribution in [0.15, 0.2) is 53.3 Å². The molecule has 23 heavy (non-hydrogen) atoms. The maximum Gasteiger partial charge on any atom is 0.307 e. The highest BCUT2D eigenvalue weighted by Gasteiger charge is 2.32. The van der Waals surface area contributed by atoms with Gasteiger partial charge in [-0.2, -0.15) is 0 Å². The summed E-state index contributed by atoms with van der Waals surface area (Å²) in [4.78, 5) is 29.4. The van der Waals surface area contributed by atoms with Gasteiger partial charge in [-0.25, -0.2) is 4.98 Å². The summed E-state index contributed by atoms with van der Waals surface area (Å²) in [5.74, 6) is 0.260. The molecule has 0 saturated carbocycles. The van der Waals surface area contributed by atoms with Crippen LogP contribution in [0.3, 0.4) is 0 Å². The number of hydrogen-bond acceptors (Lipinski definition) is 4. The van der Waals surface area contributed by atoms with E-state index in [0.29, 0.717) is 16.7 Å². The average Bonchev–Trinajstić information content (AvgIpc) is 2.89. The van der Waals surface area contributed by atoms with Crippen LogP contribution in [0.4, 0.5) is 0 Å². The molecule has 5 nitrogen and oxygen atoms in total. The van der Waals surface area contributed by atoms with Gasteiger partial charge in [-0.05, 0) is 17.7 Å². The lowest BCUT2D eigenvalue weighted by molar-refractivity contribution is -0.141. The van der Waals surface area contributed by atoms with Gasteiger partial charge < -0.3 is 4.74 Å². The molecule has 0 bridgehead atoms. The standard InChI is InChI=1S/C18H14N2O3/c1-23-16(21)10-15-11-6-2-3-7-12(11)17-19-14-9-5-4-8-13(14)18(22)20(15)17/h2-9,15H,10H2,1H3. The summed E-state index contributed by atoms with van der Waals surface area (Å²) < 4.78 is 6.41. The first-order valence-corrected chi connectivity index (χ1v) is 7.38. The molecule has 2 aromatic carbocycles. The number of esters is 1.